The molecular weight excluding hydrogens is 156 g/mol. The summed E-state index contributed by atoms with van der Waals surface area (Å²) in [4.78, 5) is 17.2. The van der Waals surface area contributed by atoms with Gasteiger partial charge in [0.25, 0.3) is 0 Å². The second kappa shape index (κ2) is 10.9. The largest absolute Gasteiger partial charge is 2.00 e. The summed E-state index contributed by atoms with van der Waals surface area (Å²) in [7, 11) is 0. The maximum absolute atomic E-state index is 8.89. The summed E-state index contributed by atoms with van der Waals surface area (Å²) < 4.78 is 0. The second-order valence-electron chi connectivity index (χ2n) is 0.644. The Bertz CT molecular complexity index is 70.2. The van der Waals surface area contributed by atoms with Gasteiger partial charge in [-0.15, -0.1) is 0 Å². The van der Waals surface area contributed by atoms with Gasteiger partial charge in [-0.2, -0.15) is 0 Å². The fourth-order valence-corrected chi connectivity index (χ4v) is 0. The van der Waals surface area contributed by atoms with Crippen LogP contribution in [0.15, 0.2) is 0 Å². The molecule has 1 radical (unpaired) electrons. The first-order valence-corrected chi connectivity index (χ1v) is 1.39. The van der Waals surface area contributed by atoms with Gasteiger partial charge in [-0.05, 0) is 6.16 Å². The number of aliphatic carboxylic acids is 1. The van der Waals surface area contributed by atoms with Crippen LogP contribution in [0.25, 0.3) is 0 Å². The van der Waals surface area contributed by atoms with E-state index in [4.69, 9.17) is 24.9 Å². The molecule has 0 aliphatic rings. The van der Waals surface area contributed by atoms with Crippen LogP contribution in [-0.2, 0) is 4.79 Å². The number of carboxylic acid groups (broad SMARTS) is 3. The quantitative estimate of drug-likeness (QED) is 0.381. The van der Waals surface area contributed by atoms with Crippen LogP contribution in [0.4, 0.5) is 4.79 Å². The summed E-state index contributed by atoms with van der Waals surface area (Å²) >= 11 is 0. The van der Waals surface area contributed by atoms with Crippen LogP contribution >= 0.6 is 0 Å². The molecular formula is C3H3CaO5. The molecule has 47 valence electrons. The topological polar surface area (TPSA) is 100 Å². The SMILES string of the molecule is O=C([O-])[O-].[CH2]C(=O)O.[Ca+2]. The van der Waals surface area contributed by atoms with E-state index >= 15 is 0 Å². The summed E-state index contributed by atoms with van der Waals surface area (Å²) in [6, 6.07) is 0. The average Bonchev–Trinajstić information content (AvgIpc) is 1.25. The van der Waals surface area contributed by atoms with E-state index in [0.717, 1.165) is 0 Å². The number of carboxylic acids is 1. The number of carbonyl (C=O) groups is 2. The second-order valence-corrected chi connectivity index (χ2v) is 0.644. The summed E-state index contributed by atoms with van der Waals surface area (Å²) in [6.07, 6.45) is -2.33. The maximum atomic E-state index is 8.89. The Balaban J connectivity index is -0.0000000720. The van der Waals surface area contributed by atoms with Crippen molar-refractivity contribution in [3.05, 3.63) is 6.92 Å². The van der Waals surface area contributed by atoms with Crippen molar-refractivity contribution in [2.75, 3.05) is 0 Å². The Hall–Kier alpha value is -0.000260. The van der Waals surface area contributed by atoms with Crippen molar-refractivity contribution >= 4 is 49.9 Å². The first-order valence-electron chi connectivity index (χ1n) is 1.39. The van der Waals surface area contributed by atoms with E-state index in [1.165, 1.54) is 0 Å². The van der Waals surface area contributed by atoms with E-state index in [1.54, 1.807) is 0 Å². The van der Waals surface area contributed by atoms with Crippen molar-refractivity contribution in [1.29, 1.82) is 0 Å². The predicted octanol–water partition coefficient (Wildman–Crippen LogP) is -2.92. The third-order valence-electron chi connectivity index (χ3n) is 0. The Labute approximate surface area is 81.3 Å². The molecule has 0 aliphatic heterocycles. The molecule has 0 aromatic carbocycles. The minimum absolute atomic E-state index is 0. The molecule has 0 atom stereocenters. The number of rotatable bonds is 0. The van der Waals surface area contributed by atoms with Gasteiger partial charge >= 0.3 is 43.7 Å². The third-order valence-corrected chi connectivity index (χ3v) is 0. The fraction of sp³-hybridized carbons (Fsp3) is 0. The molecule has 0 saturated heterocycles. The Morgan fingerprint density at radius 1 is 1.33 bits per heavy atom. The van der Waals surface area contributed by atoms with Gasteiger partial charge in [0.05, 0.1) is 6.92 Å². The van der Waals surface area contributed by atoms with E-state index in [2.05, 4.69) is 6.92 Å². The fourth-order valence-electron chi connectivity index (χ4n) is 0. The first-order chi connectivity index (χ1) is 3.46. The van der Waals surface area contributed by atoms with Crippen LogP contribution in [0.2, 0.25) is 0 Å². The summed E-state index contributed by atoms with van der Waals surface area (Å²) in [5.74, 6) is -1.08. The minimum Gasteiger partial charge on any atom is -0.652 e. The van der Waals surface area contributed by atoms with Crippen molar-refractivity contribution in [3.8, 4) is 0 Å². The molecule has 6 heteroatoms. The van der Waals surface area contributed by atoms with Gasteiger partial charge in [-0.25, -0.2) is 0 Å². The number of carbonyl (C=O) groups excluding carboxylic acids is 1. The zero-order valence-corrected chi connectivity index (χ0v) is 6.70. The molecule has 0 aromatic rings. The molecule has 5 nitrogen and oxygen atoms in total. The molecule has 0 fully saturated rings. The smallest absolute Gasteiger partial charge is 0.652 e. The van der Waals surface area contributed by atoms with E-state index in [1.807, 2.05) is 0 Å². The van der Waals surface area contributed by atoms with Crippen LogP contribution in [0.5, 0.6) is 0 Å². The Morgan fingerprint density at radius 2 is 1.33 bits per heavy atom. The van der Waals surface area contributed by atoms with E-state index in [-0.39, 0.29) is 37.7 Å². The van der Waals surface area contributed by atoms with Crippen molar-refractivity contribution in [2.24, 2.45) is 0 Å². The van der Waals surface area contributed by atoms with Gasteiger partial charge in [0.1, 0.15) is 0 Å². The summed E-state index contributed by atoms with van der Waals surface area (Å²) in [6.45, 7) is 2.56. The normalized spacial score (nSPS) is 5.44. The van der Waals surface area contributed by atoms with Crippen molar-refractivity contribution < 1.29 is 24.9 Å². The number of hydrogen-bond acceptors (Lipinski definition) is 4. The third kappa shape index (κ3) is 4270000000. The predicted molar refractivity (Wildman–Crippen MR) is 24.1 cm³/mol. The van der Waals surface area contributed by atoms with Crippen LogP contribution in [0, 0.1) is 6.92 Å². The van der Waals surface area contributed by atoms with Gasteiger partial charge in [0.2, 0.25) is 0 Å². The monoisotopic (exact) mass is 159 g/mol. The van der Waals surface area contributed by atoms with Gasteiger partial charge < -0.3 is 20.1 Å². The first kappa shape index (κ1) is 16.0. The molecule has 0 aromatic heterocycles. The number of hydrogen-bond donors (Lipinski definition) is 1. The van der Waals surface area contributed by atoms with Gasteiger partial charge in [-0.3, -0.25) is 4.79 Å². The van der Waals surface area contributed by atoms with Gasteiger partial charge in [0, 0.05) is 0 Å². The molecule has 0 bridgehead atoms. The molecule has 0 rings (SSSR count). The Morgan fingerprint density at radius 3 is 1.33 bits per heavy atom. The molecule has 0 saturated carbocycles. The maximum Gasteiger partial charge on any atom is 2.00 e. The van der Waals surface area contributed by atoms with E-state index < -0.39 is 12.1 Å². The summed E-state index contributed by atoms with van der Waals surface area (Å²) in [5.41, 5.74) is 0. The van der Waals surface area contributed by atoms with Crippen LogP contribution < -0.4 is 10.2 Å². The van der Waals surface area contributed by atoms with E-state index in [9.17, 15) is 0 Å². The van der Waals surface area contributed by atoms with Gasteiger partial charge in [-0.1, -0.05) is 0 Å². The summed E-state index contributed by atoms with van der Waals surface area (Å²) in [5, 5.41) is 24.0. The molecule has 0 spiro atoms. The van der Waals surface area contributed by atoms with Crippen LogP contribution in [0.1, 0.15) is 0 Å². The molecule has 9 heavy (non-hydrogen) atoms. The zero-order valence-electron chi connectivity index (χ0n) is 4.49. The molecule has 0 unspecified atom stereocenters. The minimum atomic E-state index is -2.33. The molecule has 1 N–H and O–H groups in total. The molecule has 0 amide bonds. The van der Waals surface area contributed by atoms with Crippen molar-refractivity contribution in [2.45, 2.75) is 0 Å². The molecule has 0 aliphatic carbocycles. The average molecular weight is 159 g/mol. The van der Waals surface area contributed by atoms with Crippen molar-refractivity contribution in [3.63, 3.8) is 0 Å². The Kier molecular flexibility index (Phi) is 19.4. The van der Waals surface area contributed by atoms with Crippen LogP contribution in [0.3, 0.4) is 0 Å². The van der Waals surface area contributed by atoms with Crippen molar-refractivity contribution in [1.82, 2.24) is 0 Å². The standard InChI is InChI=1S/C2H3O2.CH2O3.Ca/c1-2(3)4;2-1(3)4;/h1H2,(H,3,4);(H2,2,3,4);/q;;+2/p-2. The van der Waals surface area contributed by atoms with Gasteiger partial charge in [0.15, 0.2) is 0 Å². The molecule has 0 heterocycles. The van der Waals surface area contributed by atoms with Crippen LogP contribution in [-0.4, -0.2) is 55.0 Å². The zero-order chi connectivity index (χ0) is 7.15. The van der Waals surface area contributed by atoms with E-state index in [0.29, 0.717) is 0 Å².